The van der Waals surface area contributed by atoms with E-state index in [2.05, 4.69) is 0 Å². The Hall–Kier alpha value is -1.33. The Kier molecular flexibility index (Phi) is 4.03. The molecule has 0 bridgehead atoms. The minimum absolute atomic E-state index is 0.0651. The smallest absolute Gasteiger partial charge is 0.148 e. The molecule has 0 spiro atoms. The number of fused-ring (bicyclic) bond motifs is 1. The summed E-state index contributed by atoms with van der Waals surface area (Å²) in [6.45, 7) is 3.66. The monoisotopic (exact) mass is 310 g/mol. The number of aryl methyl sites for hydroxylation is 1. The van der Waals surface area contributed by atoms with Crippen molar-refractivity contribution in [1.82, 2.24) is 0 Å². The molecule has 1 aromatic rings. The first-order valence-corrected chi connectivity index (χ1v) is 7.64. The highest BCUT2D eigenvalue weighted by molar-refractivity contribution is 5.80. The number of ether oxygens (including phenoxy) is 2. The third-order valence-electron chi connectivity index (χ3n) is 5.04. The van der Waals surface area contributed by atoms with Crippen LogP contribution < -0.4 is 0 Å². The molecule has 0 amide bonds. The summed E-state index contributed by atoms with van der Waals surface area (Å²) in [7, 11) is 0. The van der Waals surface area contributed by atoms with Gasteiger partial charge in [0.1, 0.15) is 29.8 Å². The third-order valence-corrected chi connectivity index (χ3v) is 5.04. The fourth-order valence-electron chi connectivity index (χ4n) is 3.62. The van der Waals surface area contributed by atoms with Crippen molar-refractivity contribution in [2.24, 2.45) is 5.92 Å². The van der Waals surface area contributed by atoms with Crippen LogP contribution in [-0.4, -0.2) is 24.3 Å². The van der Waals surface area contributed by atoms with Crippen molar-refractivity contribution in [3.05, 3.63) is 34.9 Å². The maximum atomic E-state index is 14.1. The van der Waals surface area contributed by atoms with Crippen LogP contribution in [0.15, 0.2) is 12.1 Å². The van der Waals surface area contributed by atoms with E-state index in [0.717, 1.165) is 0 Å². The van der Waals surface area contributed by atoms with Crippen LogP contribution in [-0.2, 0) is 20.7 Å². The molecule has 1 aliphatic carbocycles. The fraction of sp³-hybridized carbons (Fsp3) is 0.588. The van der Waals surface area contributed by atoms with Crippen molar-refractivity contribution in [2.45, 2.75) is 51.2 Å². The first-order valence-electron chi connectivity index (χ1n) is 7.64. The molecular weight excluding hydrogens is 290 g/mol. The SMILES string of the molecule is Cc1cc(F)c(CC(C)C23CCC(=O)CC2OCO3)cc1F. The Labute approximate surface area is 128 Å². The normalized spacial score (nSPS) is 29.5. The van der Waals surface area contributed by atoms with Gasteiger partial charge in [-0.1, -0.05) is 6.92 Å². The summed E-state index contributed by atoms with van der Waals surface area (Å²) in [6, 6.07) is 2.49. The van der Waals surface area contributed by atoms with Gasteiger partial charge in [-0.15, -0.1) is 0 Å². The molecule has 3 nitrogen and oxygen atoms in total. The van der Waals surface area contributed by atoms with Crippen LogP contribution in [0.5, 0.6) is 0 Å². The summed E-state index contributed by atoms with van der Waals surface area (Å²) < 4.78 is 39.2. The molecule has 0 radical (unpaired) electrons. The molecule has 3 unspecified atom stereocenters. The Bertz CT molecular complexity index is 602. The largest absolute Gasteiger partial charge is 0.349 e. The van der Waals surface area contributed by atoms with Crippen molar-refractivity contribution in [3.8, 4) is 0 Å². The summed E-state index contributed by atoms with van der Waals surface area (Å²) in [5, 5.41) is 0. The average molecular weight is 310 g/mol. The van der Waals surface area contributed by atoms with E-state index in [4.69, 9.17) is 9.47 Å². The average Bonchev–Trinajstić information content (AvgIpc) is 2.88. The number of ketones is 1. The molecular formula is C17H20F2O3. The van der Waals surface area contributed by atoms with E-state index in [1.54, 1.807) is 6.92 Å². The second-order valence-electron chi connectivity index (χ2n) is 6.41. The molecule has 5 heteroatoms. The van der Waals surface area contributed by atoms with Gasteiger partial charge in [0.05, 0.1) is 6.10 Å². The number of Topliss-reactive ketones (excluding diaryl/α,β-unsaturated/α-hetero) is 1. The van der Waals surface area contributed by atoms with Crippen molar-refractivity contribution in [1.29, 1.82) is 0 Å². The highest BCUT2D eigenvalue weighted by Gasteiger charge is 2.52. The fourth-order valence-corrected chi connectivity index (χ4v) is 3.62. The van der Waals surface area contributed by atoms with Crippen LogP contribution in [0.3, 0.4) is 0 Å². The number of halogens is 2. The van der Waals surface area contributed by atoms with Gasteiger partial charge in [-0.2, -0.15) is 0 Å². The van der Waals surface area contributed by atoms with Crippen LogP contribution in [0.1, 0.15) is 37.3 Å². The van der Waals surface area contributed by atoms with Crippen LogP contribution >= 0.6 is 0 Å². The van der Waals surface area contributed by atoms with Gasteiger partial charge >= 0.3 is 0 Å². The van der Waals surface area contributed by atoms with Crippen LogP contribution in [0, 0.1) is 24.5 Å². The lowest BCUT2D eigenvalue weighted by atomic mass is 9.72. The first-order chi connectivity index (χ1) is 10.4. The molecule has 120 valence electrons. The van der Waals surface area contributed by atoms with Crippen molar-refractivity contribution >= 4 is 5.78 Å². The molecule has 3 rings (SSSR count). The predicted octanol–water partition coefficient (Wildman–Crippen LogP) is 3.32. The van der Waals surface area contributed by atoms with Crippen LogP contribution in [0.2, 0.25) is 0 Å². The van der Waals surface area contributed by atoms with E-state index in [1.165, 1.54) is 12.1 Å². The highest BCUT2D eigenvalue weighted by Crippen LogP contribution is 2.43. The summed E-state index contributed by atoms with van der Waals surface area (Å²) in [4.78, 5) is 11.6. The van der Waals surface area contributed by atoms with Gasteiger partial charge < -0.3 is 9.47 Å². The predicted molar refractivity (Wildman–Crippen MR) is 76.4 cm³/mol. The molecule has 1 aliphatic heterocycles. The lowest BCUT2D eigenvalue weighted by Gasteiger charge is -2.40. The molecule has 1 saturated heterocycles. The van der Waals surface area contributed by atoms with Crippen molar-refractivity contribution in [3.63, 3.8) is 0 Å². The van der Waals surface area contributed by atoms with Crippen LogP contribution in [0.25, 0.3) is 0 Å². The van der Waals surface area contributed by atoms with Gasteiger partial charge in [0.15, 0.2) is 0 Å². The van der Waals surface area contributed by atoms with Crippen molar-refractivity contribution < 1.29 is 23.0 Å². The quantitative estimate of drug-likeness (QED) is 0.859. The van der Waals surface area contributed by atoms with Crippen LogP contribution in [0.4, 0.5) is 8.78 Å². The Morgan fingerprint density at radius 2 is 2.14 bits per heavy atom. The topological polar surface area (TPSA) is 35.5 Å². The number of hydrogen-bond donors (Lipinski definition) is 0. The van der Waals surface area contributed by atoms with E-state index in [0.29, 0.717) is 36.8 Å². The summed E-state index contributed by atoms with van der Waals surface area (Å²) in [5.41, 5.74) is 0.0756. The van der Waals surface area contributed by atoms with E-state index in [9.17, 15) is 13.6 Å². The molecule has 0 aromatic heterocycles. The maximum Gasteiger partial charge on any atom is 0.148 e. The standard InChI is InChI=1S/C17H20F2O3/c1-10-5-15(19)12(7-14(10)18)6-11(2)17-4-3-13(20)8-16(17)21-9-22-17/h5,7,11,16H,3-4,6,8-9H2,1-2H3. The van der Waals surface area contributed by atoms with Gasteiger partial charge in [-0.3, -0.25) is 4.79 Å². The molecule has 1 saturated carbocycles. The second-order valence-corrected chi connectivity index (χ2v) is 6.41. The summed E-state index contributed by atoms with van der Waals surface area (Å²) in [5.74, 6) is -0.694. The number of carbonyl (C=O) groups is 1. The molecule has 2 aliphatic rings. The molecule has 3 atom stereocenters. The lowest BCUT2D eigenvalue weighted by Crippen LogP contribution is -2.50. The third kappa shape index (κ3) is 2.57. The Balaban J connectivity index is 1.83. The summed E-state index contributed by atoms with van der Waals surface area (Å²) >= 11 is 0. The van der Waals surface area contributed by atoms with E-state index in [1.807, 2.05) is 6.92 Å². The van der Waals surface area contributed by atoms with E-state index in [-0.39, 0.29) is 24.6 Å². The molecule has 1 heterocycles. The minimum atomic E-state index is -0.568. The molecule has 2 fully saturated rings. The minimum Gasteiger partial charge on any atom is -0.349 e. The zero-order valence-corrected chi connectivity index (χ0v) is 12.8. The number of benzene rings is 1. The number of rotatable bonds is 3. The molecule has 1 aromatic carbocycles. The number of hydrogen-bond acceptors (Lipinski definition) is 3. The van der Waals surface area contributed by atoms with E-state index >= 15 is 0 Å². The van der Waals surface area contributed by atoms with E-state index < -0.39 is 17.2 Å². The van der Waals surface area contributed by atoms with Crippen molar-refractivity contribution in [2.75, 3.05) is 6.79 Å². The van der Waals surface area contributed by atoms with Gasteiger partial charge in [-0.05, 0) is 48.9 Å². The molecule has 22 heavy (non-hydrogen) atoms. The zero-order chi connectivity index (χ0) is 15.9. The Morgan fingerprint density at radius 3 is 2.91 bits per heavy atom. The lowest BCUT2D eigenvalue weighted by molar-refractivity contribution is -0.130. The maximum absolute atomic E-state index is 14.1. The Morgan fingerprint density at radius 1 is 1.36 bits per heavy atom. The van der Waals surface area contributed by atoms with Gasteiger partial charge in [0.2, 0.25) is 0 Å². The summed E-state index contributed by atoms with van der Waals surface area (Å²) in [6.07, 6.45) is 1.46. The zero-order valence-electron chi connectivity index (χ0n) is 12.8. The van der Waals surface area contributed by atoms with Gasteiger partial charge in [0.25, 0.3) is 0 Å². The first kappa shape index (κ1) is 15.6. The highest BCUT2D eigenvalue weighted by atomic mass is 19.1. The van der Waals surface area contributed by atoms with Gasteiger partial charge in [0, 0.05) is 12.8 Å². The second kappa shape index (κ2) is 5.70. The number of carbonyl (C=O) groups excluding carboxylic acids is 1. The molecule has 0 N–H and O–H groups in total. The van der Waals surface area contributed by atoms with Gasteiger partial charge in [-0.25, -0.2) is 8.78 Å².